The molecule has 0 saturated heterocycles. The van der Waals surface area contributed by atoms with Crippen LogP contribution in [0.1, 0.15) is 23.2 Å². The summed E-state index contributed by atoms with van der Waals surface area (Å²) in [6.07, 6.45) is 1.68. The van der Waals surface area contributed by atoms with Crippen LogP contribution in [-0.2, 0) is 9.84 Å². The molecule has 0 aromatic heterocycles. The first-order chi connectivity index (χ1) is 8.87. The SMILES string of the molecule is COc1ccc(C(=O)CCCS(C)(=O)=O)cc1OC. The molecule has 0 amide bonds. The minimum absolute atomic E-state index is 0.0199. The van der Waals surface area contributed by atoms with Crippen molar-refractivity contribution in [1.82, 2.24) is 0 Å². The van der Waals surface area contributed by atoms with E-state index in [1.165, 1.54) is 14.2 Å². The van der Waals surface area contributed by atoms with Crippen molar-refractivity contribution in [3.8, 4) is 11.5 Å². The van der Waals surface area contributed by atoms with Gasteiger partial charge in [-0.05, 0) is 24.6 Å². The minimum atomic E-state index is -3.02. The fraction of sp³-hybridized carbons (Fsp3) is 0.462. The highest BCUT2D eigenvalue weighted by Gasteiger charge is 2.11. The molecule has 0 saturated carbocycles. The number of hydrogen-bond donors (Lipinski definition) is 0. The summed E-state index contributed by atoms with van der Waals surface area (Å²) in [4.78, 5) is 11.9. The van der Waals surface area contributed by atoms with Gasteiger partial charge in [0.1, 0.15) is 9.84 Å². The fourth-order valence-corrected chi connectivity index (χ4v) is 2.32. The van der Waals surface area contributed by atoms with Crippen LogP contribution in [0.4, 0.5) is 0 Å². The van der Waals surface area contributed by atoms with Gasteiger partial charge in [-0.15, -0.1) is 0 Å². The Morgan fingerprint density at radius 3 is 2.32 bits per heavy atom. The van der Waals surface area contributed by atoms with Gasteiger partial charge >= 0.3 is 0 Å². The van der Waals surface area contributed by atoms with Crippen LogP contribution >= 0.6 is 0 Å². The van der Waals surface area contributed by atoms with E-state index < -0.39 is 9.84 Å². The van der Waals surface area contributed by atoms with Gasteiger partial charge in [-0.1, -0.05) is 0 Å². The highest BCUT2D eigenvalue weighted by atomic mass is 32.2. The largest absolute Gasteiger partial charge is 0.493 e. The van der Waals surface area contributed by atoms with Gasteiger partial charge < -0.3 is 9.47 Å². The number of carbonyl (C=O) groups excluding carboxylic acids is 1. The molecule has 0 atom stereocenters. The van der Waals surface area contributed by atoms with Crippen LogP contribution in [0.25, 0.3) is 0 Å². The first-order valence-corrected chi connectivity index (χ1v) is 7.86. The van der Waals surface area contributed by atoms with E-state index in [4.69, 9.17) is 9.47 Å². The summed E-state index contributed by atoms with van der Waals surface area (Å²) >= 11 is 0. The second kappa shape index (κ2) is 6.56. The number of benzene rings is 1. The highest BCUT2D eigenvalue weighted by Crippen LogP contribution is 2.28. The van der Waals surface area contributed by atoms with Gasteiger partial charge in [0, 0.05) is 18.2 Å². The fourth-order valence-electron chi connectivity index (χ4n) is 1.65. The normalized spacial score (nSPS) is 11.1. The topological polar surface area (TPSA) is 69.7 Å². The quantitative estimate of drug-likeness (QED) is 0.714. The van der Waals surface area contributed by atoms with Crippen molar-refractivity contribution in [3.05, 3.63) is 23.8 Å². The van der Waals surface area contributed by atoms with E-state index in [9.17, 15) is 13.2 Å². The molecule has 0 spiro atoms. The van der Waals surface area contributed by atoms with E-state index in [0.29, 0.717) is 23.5 Å². The van der Waals surface area contributed by atoms with Crippen molar-refractivity contribution in [3.63, 3.8) is 0 Å². The molecule has 1 aromatic rings. The molecule has 19 heavy (non-hydrogen) atoms. The Kier molecular flexibility index (Phi) is 5.35. The van der Waals surface area contributed by atoms with Gasteiger partial charge in [-0.3, -0.25) is 4.79 Å². The summed E-state index contributed by atoms with van der Waals surface area (Å²) in [5.41, 5.74) is 0.492. The Labute approximate surface area is 113 Å². The predicted molar refractivity (Wildman–Crippen MR) is 72.8 cm³/mol. The van der Waals surface area contributed by atoms with Crippen LogP contribution in [0.2, 0.25) is 0 Å². The van der Waals surface area contributed by atoms with E-state index in [1.807, 2.05) is 0 Å². The van der Waals surface area contributed by atoms with Crippen molar-refractivity contribution in [1.29, 1.82) is 0 Å². The molecule has 5 nitrogen and oxygen atoms in total. The number of sulfone groups is 1. The van der Waals surface area contributed by atoms with Gasteiger partial charge in [-0.2, -0.15) is 0 Å². The number of ether oxygens (including phenoxy) is 2. The number of carbonyl (C=O) groups is 1. The predicted octanol–water partition coefficient (Wildman–Crippen LogP) is 1.71. The van der Waals surface area contributed by atoms with Crippen molar-refractivity contribution in [2.75, 3.05) is 26.2 Å². The van der Waals surface area contributed by atoms with Crippen molar-refractivity contribution in [2.45, 2.75) is 12.8 Å². The maximum atomic E-state index is 11.9. The Morgan fingerprint density at radius 2 is 1.79 bits per heavy atom. The Balaban J connectivity index is 2.72. The third-order valence-corrected chi connectivity index (χ3v) is 3.65. The van der Waals surface area contributed by atoms with Gasteiger partial charge in [-0.25, -0.2) is 8.42 Å². The lowest BCUT2D eigenvalue weighted by molar-refractivity contribution is 0.0981. The third-order valence-electron chi connectivity index (χ3n) is 2.62. The second-order valence-corrected chi connectivity index (χ2v) is 6.49. The lowest BCUT2D eigenvalue weighted by Gasteiger charge is -2.09. The zero-order valence-electron chi connectivity index (χ0n) is 11.3. The molecule has 1 aromatic carbocycles. The van der Waals surface area contributed by atoms with E-state index in [1.54, 1.807) is 18.2 Å². The molecule has 0 N–H and O–H groups in total. The molecule has 0 unspecified atom stereocenters. The van der Waals surface area contributed by atoms with Crippen molar-refractivity contribution < 1.29 is 22.7 Å². The highest BCUT2D eigenvalue weighted by molar-refractivity contribution is 7.90. The smallest absolute Gasteiger partial charge is 0.163 e. The van der Waals surface area contributed by atoms with Crippen LogP contribution in [0.5, 0.6) is 11.5 Å². The van der Waals surface area contributed by atoms with Crippen LogP contribution in [-0.4, -0.2) is 40.4 Å². The Bertz CT molecular complexity index is 548. The molecule has 0 fully saturated rings. The molecular formula is C13H18O5S. The van der Waals surface area contributed by atoms with Gasteiger partial charge in [0.15, 0.2) is 17.3 Å². The monoisotopic (exact) mass is 286 g/mol. The summed E-state index contributed by atoms with van der Waals surface area (Å²) in [6, 6.07) is 4.90. The Hall–Kier alpha value is -1.56. The van der Waals surface area contributed by atoms with Crippen molar-refractivity contribution in [2.24, 2.45) is 0 Å². The van der Waals surface area contributed by atoms with E-state index in [-0.39, 0.29) is 18.0 Å². The van der Waals surface area contributed by atoms with Crippen LogP contribution < -0.4 is 9.47 Å². The van der Waals surface area contributed by atoms with Gasteiger partial charge in [0.2, 0.25) is 0 Å². The molecule has 0 aliphatic carbocycles. The number of ketones is 1. The molecule has 1 rings (SSSR count). The maximum absolute atomic E-state index is 11.9. The summed E-state index contributed by atoms with van der Waals surface area (Å²) < 4.78 is 32.2. The van der Waals surface area contributed by atoms with E-state index >= 15 is 0 Å². The number of methoxy groups -OCH3 is 2. The number of hydrogen-bond acceptors (Lipinski definition) is 5. The van der Waals surface area contributed by atoms with Crippen LogP contribution in [0.15, 0.2) is 18.2 Å². The zero-order valence-corrected chi connectivity index (χ0v) is 12.1. The molecule has 0 heterocycles. The minimum Gasteiger partial charge on any atom is -0.493 e. The molecule has 0 radical (unpaired) electrons. The zero-order chi connectivity index (χ0) is 14.5. The van der Waals surface area contributed by atoms with Crippen LogP contribution in [0.3, 0.4) is 0 Å². The van der Waals surface area contributed by atoms with Crippen LogP contribution in [0, 0.1) is 0 Å². The first kappa shape index (κ1) is 15.5. The summed E-state index contributed by atoms with van der Waals surface area (Å²) in [6.45, 7) is 0. The average Bonchev–Trinajstić information content (AvgIpc) is 2.36. The second-order valence-electron chi connectivity index (χ2n) is 4.23. The maximum Gasteiger partial charge on any atom is 0.163 e. The molecule has 0 bridgehead atoms. The lowest BCUT2D eigenvalue weighted by atomic mass is 10.1. The molecule has 106 valence electrons. The van der Waals surface area contributed by atoms with E-state index in [0.717, 1.165) is 6.26 Å². The molecule has 0 aliphatic heterocycles. The summed E-state index contributed by atoms with van der Waals surface area (Å²) in [5, 5.41) is 0. The Morgan fingerprint density at radius 1 is 1.16 bits per heavy atom. The third kappa shape index (κ3) is 4.90. The van der Waals surface area contributed by atoms with Crippen molar-refractivity contribution >= 4 is 15.6 Å². The molecular weight excluding hydrogens is 268 g/mol. The summed E-state index contributed by atoms with van der Waals surface area (Å²) in [7, 11) is -0.00729. The first-order valence-electron chi connectivity index (χ1n) is 5.80. The molecule has 6 heteroatoms. The standard InChI is InChI=1S/C13H18O5S/c1-17-12-7-6-10(9-13(12)18-2)11(14)5-4-8-19(3,15)16/h6-7,9H,4-5,8H2,1-3H3. The van der Waals surface area contributed by atoms with Gasteiger partial charge in [0.05, 0.1) is 20.0 Å². The van der Waals surface area contributed by atoms with E-state index in [2.05, 4.69) is 0 Å². The molecule has 0 aliphatic rings. The lowest BCUT2D eigenvalue weighted by Crippen LogP contribution is -2.07. The summed E-state index contributed by atoms with van der Waals surface area (Å²) in [5.74, 6) is 0.947. The number of Topliss-reactive ketones (excluding diaryl/α,β-unsaturated/α-hetero) is 1. The number of rotatable bonds is 7. The average molecular weight is 286 g/mol. The van der Waals surface area contributed by atoms with Gasteiger partial charge in [0.25, 0.3) is 0 Å².